The van der Waals surface area contributed by atoms with Gasteiger partial charge in [0, 0.05) is 16.6 Å². The molecule has 1 unspecified atom stereocenters. The summed E-state index contributed by atoms with van der Waals surface area (Å²) in [7, 11) is 1.42. The van der Waals surface area contributed by atoms with Gasteiger partial charge >= 0.3 is 5.97 Å². The molecule has 0 aromatic heterocycles. The number of halogens is 1. The monoisotopic (exact) mass is 295 g/mol. The number of nitrogens with one attached hydrogen (secondary N) is 1. The van der Waals surface area contributed by atoms with E-state index in [4.69, 9.17) is 16.3 Å². The number of carbonyl (C=O) groups excluding carboxylic acids is 1. The maximum atomic E-state index is 12.3. The summed E-state index contributed by atoms with van der Waals surface area (Å²) in [4.78, 5) is 12.3. The third-order valence-electron chi connectivity index (χ3n) is 4.10. The average molecular weight is 296 g/mol. The maximum absolute atomic E-state index is 12.3. The first-order valence-corrected chi connectivity index (χ1v) is 7.57. The summed E-state index contributed by atoms with van der Waals surface area (Å²) in [5, 5.41) is 4.07. The number of ether oxygens (including phenoxy) is 1. The van der Waals surface area contributed by atoms with Crippen LogP contribution in [0.4, 0.5) is 0 Å². The van der Waals surface area contributed by atoms with Gasteiger partial charge in [0.25, 0.3) is 0 Å². The van der Waals surface area contributed by atoms with Crippen LogP contribution in [0.15, 0.2) is 24.3 Å². The third kappa shape index (κ3) is 3.15. The van der Waals surface area contributed by atoms with Crippen LogP contribution in [0, 0.1) is 0 Å². The highest BCUT2D eigenvalue weighted by Gasteiger charge is 2.39. The number of hydrogen-bond donors (Lipinski definition) is 1. The topological polar surface area (TPSA) is 38.3 Å². The molecule has 1 aromatic rings. The zero-order valence-electron chi connectivity index (χ0n) is 12.1. The van der Waals surface area contributed by atoms with E-state index in [0.717, 1.165) is 18.4 Å². The molecule has 0 spiro atoms. The second-order valence-corrected chi connectivity index (χ2v) is 5.98. The average Bonchev–Trinajstić information content (AvgIpc) is 2.47. The van der Waals surface area contributed by atoms with Crippen LogP contribution in [0.1, 0.15) is 44.6 Å². The summed E-state index contributed by atoms with van der Waals surface area (Å²) in [5.41, 5.74) is -0.117. The Kier molecular flexibility index (Phi) is 5.06. The second-order valence-electron chi connectivity index (χ2n) is 5.58. The van der Waals surface area contributed by atoms with Gasteiger partial charge in [0.2, 0.25) is 0 Å². The molecule has 110 valence electrons. The molecular formula is C16H22ClNO2. The van der Waals surface area contributed by atoms with Crippen LogP contribution in [-0.2, 0) is 15.1 Å². The van der Waals surface area contributed by atoms with Crippen molar-refractivity contribution < 1.29 is 9.53 Å². The van der Waals surface area contributed by atoms with E-state index >= 15 is 0 Å². The van der Waals surface area contributed by atoms with Gasteiger partial charge in [-0.15, -0.1) is 0 Å². The first kappa shape index (κ1) is 15.3. The zero-order chi connectivity index (χ0) is 14.6. The Bertz CT molecular complexity index is 471. The fourth-order valence-electron chi connectivity index (χ4n) is 2.97. The standard InChI is InChI=1S/C16H22ClNO2/c1-16(15(19)20-2,13-10-6-7-11-14(13)17)18-12-8-4-3-5-9-12/h6-7,10-12,18H,3-5,8-9H2,1-2H3. The van der Waals surface area contributed by atoms with E-state index in [1.165, 1.54) is 26.4 Å². The van der Waals surface area contributed by atoms with Gasteiger partial charge in [-0.1, -0.05) is 49.1 Å². The predicted octanol–water partition coefficient (Wildman–Crippen LogP) is 3.65. The fourth-order valence-corrected chi connectivity index (χ4v) is 3.30. The highest BCUT2D eigenvalue weighted by atomic mass is 35.5. The van der Waals surface area contributed by atoms with Crippen molar-refractivity contribution in [3.63, 3.8) is 0 Å². The van der Waals surface area contributed by atoms with E-state index in [2.05, 4.69) is 5.32 Å². The molecule has 0 heterocycles. The molecule has 3 nitrogen and oxygen atoms in total. The number of hydrogen-bond acceptors (Lipinski definition) is 3. The highest BCUT2D eigenvalue weighted by molar-refractivity contribution is 6.31. The first-order valence-electron chi connectivity index (χ1n) is 7.19. The van der Waals surface area contributed by atoms with Gasteiger partial charge in [-0.2, -0.15) is 0 Å². The lowest BCUT2D eigenvalue weighted by Crippen LogP contribution is -2.52. The maximum Gasteiger partial charge on any atom is 0.330 e. The number of rotatable bonds is 4. The normalized spacial score (nSPS) is 19.4. The molecule has 0 amide bonds. The molecule has 1 N–H and O–H groups in total. The van der Waals surface area contributed by atoms with Crippen molar-refractivity contribution in [3.05, 3.63) is 34.9 Å². The van der Waals surface area contributed by atoms with E-state index in [9.17, 15) is 4.79 Å². The molecule has 0 bridgehead atoms. The number of carbonyl (C=O) groups is 1. The molecule has 20 heavy (non-hydrogen) atoms. The van der Waals surface area contributed by atoms with Gasteiger partial charge in [-0.25, -0.2) is 4.79 Å². The SMILES string of the molecule is COC(=O)C(C)(NC1CCCCC1)c1ccccc1Cl. The van der Waals surface area contributed by atoms with E-state index in [1.54, 1.807) is 6.07 Å². The largest absolute Gasteiger partial charge is 0.467 e. The molecule has 1 aliphatic rings. The van der Waals surface area contributed by atoms with Crippen molar-refractivity contribution >= 4 is 17.6 Å². The summed E-state index contributed by atoms with van der Waals surface area (Å²) < 4.78 is 5.01. The molecule has 1 atom stereocenters. The smallest absolute Gasteiger partial charge is 0.330 e. The summed E-state index contributed by atoms with van der Waals surface area (Å²) >= 11 is 6.28. The Morgan fingerprint density at radius 2 is 1.95 bits per heavy atom. The van der Waals surface area contributed by atoms with Crippen molar-refractivity contribution in [1.82, 2.24) is 5.32 Å². The minimum absolute atomic E-state index is 0.295. The van der Waals surface area contributed by atoms with Gasteiger partial charge < -0.3 is 4.74 Å². The quantitative estimate of drug-likeness (QED) is 0.862. The fraction of sp³-hybridized carbons (Fsp3) is 0.562. The first-order chi connectivity index (χ1) is 9.58. The Hall–Kier alpha value is -1.06. The summed E-state index contributed by atoms with van der Waals surface area (Å²) in [5.74, 6) is -0.295. The lowest BCUT2D eigenvalue weighted by molar-refractivity contribution is -0.148. The van der Waals surface area contributed by atoms with Crippen LogP contribution in [0.25, 0.3) is 0 Å². The van der Waals surface area contributed by atoms with Crippen LogP contribution in [0.2, 0.25) is 5.02 Å². The second kappa shape index (κ2) is 6.59. The van der Waals surface area contributed by atoms with Gasteiger partial charge in [0.05, 0.1) is 7.11 Å². The predicted molar refractivity (Wildman–Crippen MR) is 80.8 cm³/mol. The van der Waals surface area contributed by atoms with Crippen molar-refractivity contribution in [2.45, 2.75) is 50.6 Å². The van der Waals surface area contributed by atoms with Crippen molar-refractivity contribution in [2.75, 3.05) is 7.11 Å². The molecular weight excluding hydrogens is 274 g/mol. The van der Waals surface area contributed by atoms with Gasteiger partial charge in [-0.3, -0.25) is 5.32 Å². The Morgan fingerprint density at radius 1 is 1.30 bits per heavy atom. The Balaban J connectivity index is 2.30. The minimum Gasteiger partial charge on any atom is -0.467 e. The molecule has 0 aliphatic heterocycles. The number of benzene rings is 1. The van der Waals surface area contributed by atoms with Gasteiger partial charge in [0.1, 0.15) is 5.54 Å². The summed E-state index contributed by atoms with van der Waals surface area (Å²) in [6.07, 6.45) is 5.88. The van der Waals surface area contributed by atoms with Crippen molar-refractivity contribution in [2.24, 2.45) is 0 Å². The summed E-state index contributed by atoms with van der Waals surface area (Å²) in [6.45, 7) is 1.86. The van der Waals surface area contributed by atoms with Crippen LogP contribution in [-0.4, -0.2) is 19.1 Å². The minimum atomic E-state index is -0.894. The van der Waals surface area contributed by atoms with Crippen LogP contribution in [0.3, 0.4) is 0 Å². The molecule has 1 aliphatic carbocycles. The van der Waals surface area contributed by atoms with Crippen LogP contribution >= 0.6 is 11.6 Å². The number of methoxy groups -OCH3 is 1. The third-order valence-corrected chi connectivity index (χ3v) is 4.43. The molecule has 1 fully saturated rings. The molecule has 0 saturated heterocycles. The van der Waals surface area contributed by atoms with Crippen LogP contribution < -0.4 is 5.32 Å². The van der Waals surface area contributed by atoms with E-state index < -0.39 is 5.54 Å². The molecule has 1 saturated carbocycles. The lowest BCUT2D eigenvalue weighted by atomic mass is 9.87. The lowest BCUT2D eigenvalue weighted by Gasteiger charge is -2.35. The molecule has 2 rings (SSSR count). The Labute approximate surface area is 125 Å². The summed E-state index contributed by atoms with van der Waals surface area (Å²) in [6, 6.07) is 7.79. The molecule has 4 heteroatoms. The molecule has 1 aromatic carbocycles. The van der Waals surface area contributed by atoms with Crippen molar-refractivity contribution in [1.29, 1.82) is 0 Å². The Morgan fingerprint density at radius 3 is 2.55 bits per heavy atom. The van der Waals surface area contributed by atoms with Crippen LogP contribution in [0.5, 0.6) is 0 Å². The molecule has 0 radical (unpaired) electrons. The van der Waals surface area contributed by atoms with E-state index in [-0.39, 0.29) is 5.97 Å². The van der Waals surface area contributed by atoms with Gasteiger partial charge in [0.15, 0.2) is 0 Å². The van der Waals surface area contributed by atoms with Crippen molar-refractivity contribution in [3.8, 4) is 0 Å². The van der Waals surface area contributed by atoms with E-state index in [1.807, 2.05) is 25.1 Å². The number of esters is 1. The zero-order valence-corrected chi connectivity index (χ0v) is 12.9. The highest BCUT2D eigenvalue weighted by Crippen LogP contribution is 2.31. The van der Waals surface area contributed by atoms with Gasteiger partial charge in [-0.05, 0) is 25.8 Å². The van der Waals surface area contributed by atoms with E-state index in [0.29, 0.717) is 11.1 Å².